The third-order valence-electron chi connectivity index (χ3n) is 12.5. The molecule has 7 rings (SSSR count). The second-order valence-electron chi connectivity index (χ2n) is 17.4. The first-order valence-electron chi connectivity index (χ1n) is 19.6. The third-order valence-corrected chi connectivity index (χ3v) is 12.5. The predicted octanol–water partition coefficient (Wildman–Crippen LogP) is 8.73. The number of aryl methyl sites for hydroxylation is 12. The van der Waals surface area contributed by atoms with E-state index in [0.29, 0.717) is 0 Å². The smallest absolute Gasteiger partial charge is 0.0683 e. The summed E-state index contributed by atoms with van der Waals surface area (Å²) in [5.41, 5.74) is 30.2. The Morgan fingerprint density at radius 2 is 0.547 bits per heavy atom. The molecular weight excluding hydrogens is 634 g/mol. The van der Waals surface area contributed by atoms with Crippen molar-refractivity contribution in [1.82, 2.24) is 0 Å². The minimum absolute atomic E-state index is 0.154. The molecule has 53 heavy (non-hydrogen) atoms. The van der Waals surface area contributed by atoms with Gasteiger partial charge in [0.1, 0.15) is 0 Å². The van der Waals surface area contributed by atoms with Crippen LogP contribution < -0.4 is 32.8 Å². The van der Waals surface area contributed by atoms with Crippen molar-refractivity contribution in [2.45, 2.75) is 102 Å². The van der Waals surface area contributed by atoms with E-state index in [-0.39, 0.29) is 18.8 Å². The maximum Gasteiger partial charge on any atom is 0.242 e. The number of hydrogen-bond acceptors (Lipinski definition) is 0. The van der Waals surface area contributed by atoms with E-state index in [0.717, 1.165) is 0 Å². The van der Waals surface area contributed by atoms with Crippen molar-refractivity contribution in [3.8, 4) is 11.1 Å². The van der Waals surface area contributed by atoms with E-state index in [2.05, 4.69) is 182 Å². The van der Waals surface area contributed by atoms with Gasteiger partial charge < -0.3 is 0 Å². The van der Waals surface area contributed by atoms with E-state index >= 15 is 0 Å². The van der Waals surface area contributed by atoms with Gasteiger partial charge in [0.2, 0.25) is 13.4 Å². The minimum Gasteiger partial charge on any atom is -0.0683 e. The fourth-order valence-electron chi connectivity index (χ4n) is 10.7. The SMILES string of the molecule is Cc1cc(C)c(B(c2ccc3c(c2)C(C)(C)c2cc(B(c4c(C)cc(C)cc4C)c4c(C)cc(C)cc4C)ccc2-3)c2c(C)cc(C)cc2C)c(C)c1. The standard InChI is InChI=1S/C51H56B2/c1-29-19-33(5)47(34(6)20-29)52(48-35(7)21-30(2)22-36(48)8)41-15-17-43-44-18-16-42(28-46(44)51(13,14)45(43)27-41)53(49-37(9)23-31(3)24-38(49)10)50-39(11)25-32(4)26-40(50)12/h15-28H,1-14H3. The van der Waals surface area contributed by atoms with Gasteiger partial charge in [-0.1, -0.05) is 198 Å². The summed E-state index contributed by atoms with van der Waals surface area (Å²) >= 11 is 0. The molecule has 0 fully saturated rings. The first-order valence-corrected chi connectivity index (χ1v) is 19.6. The summed E-state index contributed by atoms with van der Waals surface area (Å²) in [6, 6.07) is 33.8. The summed E-state index contributed by atoms with van der Waals surface area (Å²) in [5.74, 6) is 0. The van der Waals surface area contributed by atoms with Crippen molar-refractivity contribution in [2.75, 3.05) is 0 Å². The van der Waals surface area contributed by atoms with Crippen LogP contribution in [0.3, 0.4) is 0 Å². The van der Waals surface area contributed by atoms with Gasteiger partial charge in [0, 0.05) is 5.41 Å². The highest BCUT2D eigenvalue weighted by Gasteiger charge is 2.39. The maximum atomic E-state index is 2.57. The zero-order valence-corrected chi connectivity index (χ0v) is 34.7. The topological polar surface area (TPSA) is 0 Å². The van der Waals surface area contributed by atoms with E-state index in [4.69, 9.17) is 0 Å². The van der Waals surface area contributed by atoms with Gasteiger partial charge in [0.05, 0.1) is 0 Å². The molecule has 0 amide bonds. The molecule has 0 heterocycles. The lowest BCUT2D eigenvalue weighted by Gasteiger charge is -2.28. The first kappa shape index (κ1) is 36.8. The summed E-state index contributed by atoms with van der Waals surface area (Å²) < 4.78 is 0. The van der Waals surface area contributed by atoms with Crippen LogP contribution in [0.2, 0.25) is 0 Å². The lowest BCUT2D eigenvalue weighted by atomic mass is 9.34. The number of hydrogen-bond donors (Lipinski definition) is 0. The highest BCUT2D eigenvalue weighted by Crippen LogP contribution is 2.48. The van der Waals surface area contributed by atoms with Gasteiger partial charge >= 0.3 is 0 Å². The molecule has 0 radical (unpaired) electrons. The fourth-order valence-corrected chi connectivity index (χ4v) is 10.7. The van der Waals surface area contributed by atoms with Crippen molar-refractivity contribution in [3.05, 3.63) is 163 Å². The van der Waals surface area contributed by atoms with Gasteiger partial charge in [-0.3, -0.25) is 0 Å². The predicted molar refractivity (Wildman–Crippen MR) is 236 cm³/mol. The zero-order chi connectivity index (χ0) is 38.3. The van der Waals surface area contributed by atoms with Crippen molar-refractivity contribution in [2.24, 2.45) is 0 Å². The van der Waals surface area contributed by atoms with Gasteiger partial charge in [-0.25, -0.2) is 0 Å². The highest BCUT2D eigenvalue weighted by atomic mass is 14.4. The molecule has 0 nitrogen and oxygen atoms in total. The molecule has 2 heteroatoms. The maximum absolute atomic E-state index is 2.57. The Balaban J connectivity index is 1.43. The second-order valence-corrected chi connectivity index (χ2v) is 17.4. The Labute approximate surface area is 321 Å². The molecule has 0 N–H and O–H groups in total. The van der Waals surface area contributed by atoms with Crippen molar-refractivity contribution < 1.29 is 0 Å². The average molecular weight is 691 g/mol. The van der Waals surface area contributed by atoms with E-state index in [1.807, 2.05) is 0 Å². The Morgan fingerprint density at radius 1 is 0.321 bits per heavy atom. The molecule has 6 aromatic carbocycles. The largest absolute Gasteiger partial charge is 0.242 e. The van der Waals surface area contributed by atoms with Gasteiger partial charge in [-0.2, -0.15) is 0 Å². The molecule has 0 saturated heterocycles. The molecule has 1 aliphatic carbocycles. The van der Waals surface area contributed by atoms with Crippen molar-refractivity contribution >= 4 is 46.2 Å². The summed E-state index contributed by atoms with van der Waals surface area (Å²) in [4.78, 5) is 0. The zero-order valence-electron chi connectivity index (χ0n) is 34.7. The summed E-state index contributed by atoms with van der Waals surface area (Å²) in [7, 11) is 0. The van der Waals surface area contributed by atoms with E-state index < -0.39 is 0 Å². The molecule has 0 aromatic heterocycles. The van der Waals surface area contributed by atoms with Crippen molar-refractivity contribution in [1.29, 1.82) is 0 Å². The van der Waals surface area contributed by atoms with Crippen LogP contribution in [0.25, 0.3) is 11.1 Å². The minimum atomic E-state index is -0.157. The van der Waals surface area contributed by atoms with Crippen LogP contribution in [0.4, 0.5) is 0 Å². The Morgan fingerprint density at radius 3 is 0.774 bits per heavy atom. The van der Waals surface area contributed by atoms with Crippen LogP contribution >= 0.6 is 0 Å². The lowest BCUT2D eigenvalue weighted by molar-refractivity contribution is 0.661. The second kappa shape index (κ2) is 13.4. The van der Waals surface area contributed by atoms with Gasteiger partial charge in [-0.05, 0) is 105 Å². The Kier molecular flexibility index (Phi) is 9.29. The number of rotatable bonds is 6. The Hall–Kier alpha value is -4.55. The molecule has 0 bridgehead atoms. The molecule has 0 aliphatic heterocycles. The van der Waals surface area contributed by atoms with Crippen molar-refractivity contribution in [3.63, 3.8) is 0 Å². The van der Waals surface area contributed by atoms with Gasteiger partial charge in [0.25, 0.3) is 0 Å². The molecule has 0 spiro atoms. The quantitative estimate of drug-likeness (QED) is 0.154. The molecule has 0 saturated carbocycles. The normalized spacial score (nSPS) is 12.9. The summed E-state index contributed by atoms with van der Waals surface area (Å²) in [6.45, 7) is 32.5. The summed E-state index contributed by atoms with van der Waals surface area (Å²) in [5, 5.41) is 0. The lowest BCUT2D eigenvalue weighted by Crippen LogP contribution is -2.56. The van der Waals surface area contributed by atoms with Gasteiger partial charge in [-0.15, -0.1) is 0 Å². The number of fused-ring (bicyclic) bond motifs is 3. The van der Waals surface area contributed by atoms with E-state index in [1.54, 1.807) is 0 Å². The van der Waals surface area contributed by atoms with E-state index in [1.165, 1.54) is 122 Å². The number of benzene rings is 6. The van der Waals surface area contributed by atoms with Crippen LogP contribution in [0.15, 0.2) is 84.9 Å². The summed E-state index contributed by atoms with van der Waals surface area (Å²) in [6.07, 6.45) is 0. The Bertz CT molecular complexity index is 2080. The average Bonchev–Trinajstić information content (AvgIpc) is 3.26. The fraction of sp³-hybridized carbons (Fsp3) is 0.294. The van der Waals surface area contributed by atoms with Crippen LogP contribution in [-0.2, 0) is 5.41 Å². The molecule has 6 aromatic rings. The molecule has 1 aliphatic rings. The molecular formula is C51H56B2. The van der Waals surface area contributed by atoms with Gasteiger partial charge in [0.15, 0.2) is 0 Å². The molecule has 266 valence electrons. The van der Waals surface area contributed by atoms with Crippen LogP contribution in [-0.4, -0.2) is 13.4 Å². The monoisotopic (exact) mass is 690 g/mol. The molecule has 0 unspecified atom stereocenters. The third kappa shape index (κ3) is 6.23. The first-order chi connectivity index (χ1) is 25.0. The highest BCUT2D eigenvalue weighted by molar-refractivity contribution is 6.97. The van der Waals surface area contributed by atoms with Crippen LogP contribution in [0, 0.1) is 83.1 Å². The van der Waals surface area contributed by atoms with E-state index in [9.17, 15) is 0 Å². The molecule has 0 atom stereocenters. The van der Waals surface area contributed by atoms with Crippen LogP contribution in [0.5, 0.6) is 0 Å². The van der Waals surface area contributed by atoms with Crippen LogP contribution in [0.1, 0.15) is 91.7 Å².